The van der Waals surface area contributed by atoms with Gasteiger partial charge in [0.25, 0.3) is 0 Å². The molecule has 0 amide bonds. The SMILES string of the molecule is CCCCCC1CCc2nc(-c3ccc(C)cc3O)ccc2C1. The molecule has 3 rings (SSSR count). The van der Waals surface area contributed by atoms with Crippen LogP contribution in [0, 0.1) is 12.8 Å². The van der Waals surface area contributed by atoms with Gasteiger partial charge >= 0.3 is 0 Å². The van der Waals surface area contributed by atoms with Crippen LogP contribution in [0.5, 0.6) is 5.75 Å². The van der Waals surface area contributed by atoms with E-state index in [9.17, 15) is 5.11 Å². The number of phenolic OH excluding ortho intramolecular Hbond substituents is 1. The molecule has 23 heavy (non-hydrogen) atoms. The van der Waals surface area contributed by atoms with Crippen LogP contribution in [-0.2, 0) is 12.8 Å². The average molecular weight is 309 g/mol. The Kier molecular flexibility index (Phi) is 5.00. The van der Waals surface area contributed by atoms with Crippen LogP contribution in [0.4, 0.5) is 0 Å². The fourth-order valence-electron chi connectivity index (χ4n) is 3.62. The lowest BCUT2D eigenvalue weighted by molar-refractivity contribution is 0.404. The molecule has 0 aliphatic heterocycles. The summed E-state index contributed by atoms with van der Waals surface area (Å²) >= 11 is 0. The van der Waals surface area contributed by atoms with E-state index in [4.69, 9.17) is 4.98 Å². The Morgan fingerprint density at radius 3 is 2.83 bits per heavy atom. The van der Waals surface area contributed by atoms with E-state index in [1.165, 1.54) is 49.8 Å². The molecule has 1 aliphatic carbocycles. The molecule has 1 heterocycles. The van der Waals surface area contributed by atoms with Crippen molar-refractivity contribution in [1.82, 2.24) is 4.98 Å². The Morgan fingerprint density at radius 1 is 1.17 bits per heavy atom. The molecule has 2 heteroatoms. The standard InChI is InChI=1S/C21H27NO/c1-3-4-5-6-16-8-11-19-17(14-16)9-12-20(22-19)18-10-7-15(2)13-21(18)23/h7,9-10,12-13,16,23H,3-6,8,11,14H2,1-2H3. The van der Waals surface area contributed by atoms with Gasteiger partial charge in [-0.2, -0.15) is 0 Å². The van der Waals surface area contributed by atoms with Crippen LogP contribution in [0.1, 0.15) is 55.8 Å². The Balaban J connectivity index is 1.76. The summed E-state index contributed by atoms with van der Waals surface area (Å²) in [5.74, 6) is 1.15. The van der Waals surface area contributed by atoms with E-state index in [1.807, 2.05) is 19.1 Å². The molecule has 1 aromatic carbocycles. The number of nitrogens with zero attached hydrogens (tertiary/aromatic N) is 1. The highest BCUT2D eigenvalue weighted by molar-refractivity contribution is 5.67. The van der Waals surface area contributed by atoms with Crippen molar-refractivity contribution >= 4 is 0 Å². The van der Waals surface area contributed by atoms with Gasteiger partial charge in [-0.05, 0) is 61.4 Å². The Morgan fingerprint density at radius 2 is 2.04 bits per heavy atom. The van der Waals surface area contributed by atoms with Gasteiger partial charge in [0.2, 0.25) is 0 Å². The third kappa shape index (κ3) is 3.74. The first-order chi connectivity index (χ1) is 11.2. The van der Waals surface area contributed by atoms with Crippen LogP contribution < -0.4 is 0 Å². The summed E-state index contributed by atoms with van der Waals surface area (Å²) < 4.78 is 0. The van der Waals surface area contributed by atoms with E-state index in [1.54, 1.807) is 6.07 Å². The van der Waals surface area contributed by atoms with Crippen molar-refractivity contribution in [3.8, 4) is 17.0 Å². The van der Waals surface area contributed by atoms with E-state index in [2.05, 4.69) is 19.1 Å². The van der Waals surface area contributed by atoms with Crippen molar-refractivity contribution in [3.05, 3.63) is 47.2 Å². The molecule has 1 aliphatic rings. The first kappa shape index (κ1) is 16.0. The second kappa shape index (κ2) is 7.16. The van der Waals surface area contributed by atoms with E-state index in [-0.39, 0.29) is 0 Å². The molecule has 0 saturated carbocycles. The zero-order chi connectivity index (χ0) is 16.2. The van der Waals surface area contributed by atoms with Gasteiger partial charge in [-0.3, -0.25) is 4.98 Å². The summed E-state index contributed by atoms with van der Waals surface area (Å²) in [6, 6.07) is 10.1. The molecule has 122 valence electrons. The summed E-state index contributed by atoms with van der Waals surface area (Å²) in [4.78, 5) is 4.84. The molecular formula is C21H27NO. The highest BCUT2D eigenvalue weighted by Gasteiger charge is 2.20. The van der Waals surface area contributed by atoms with Crippen molar-refractivity contribution in [1.29, 1.82) is 0 Å². The third-order valence-electron chi connectivity index (χ3n) is 5.01. The summed E-state index contributed by atoms with van der Waals surface area (Å²) in [5.41, 5.74) is 5.44. The number of pyridine rings is 1. The lowest BCUT2D eigenvalue weighted by Gasteiger charge is -2.24. The summed E-state index contributed by atoms with van der Waals surface area (Å²) in [7, 11) is 0. The number of aromatic nitrogens is 1. The fourth-order valence-corrected chi connectivity index (χ4v) is 3.62. The normalized spacial score (nSPS) is 17.0. The van der Waals surface area contributed by atoms with Crippen LogP contribution in [0.15, 0.2) is 30.3 Å². The van der Waals surface area contributed by atoms with Crippen LogP contribution in [0.2, 0.25) is 0 Å². The van der Waals surface area contributed by atoms with Gasteiger partial charge < -0.3 is 5.11 Å². The van der Waals surface area contributed by atoms with E-state index in [0.717, 1.165) is 29.2 Å². The molecule has 0 fully saturated rings. The van der Waals surface area contributed by atoms with E-state index >= 15 is 0 Å². The highest BCUT2D eigenvalue weighted by Crippen LogP contribution is 2.33. The van der Waals surface area contributed by atoms with Gasteiger partial charge in [0.15, 0.2) is 0 Å². The Hall–Kier alpha value is -1.83. The molecular weight excluding hydrogens is 282 g/mol. The fraction of sp³-hybridized carbons (Fsp3) is 0.476. The van der Waals surface area contributed by atoms with Gasteiger partial charge in [-0.25, -0.2) is 0 Å². The number of aromatic hydroxyl groups is 1. The van der Waals surface area contributed by atoms with Gasteiger partial charge in [0, 0.05) is 11.3 Å². The summed E-state index contributed by atoms with van der Waals surface area (Å²) in [6.45, 7) is 4.25. The topological polar surface area (TPSA) is 33.1 Å². The minimum atomic E-state index is 0.325. The molecule has 1 aromatic heterocycles. The van der Waals surface area contributed by atoms with Crippen molar-refractivity contribution in [2.75, 3.05) is 0 Å². The van der Waals surface area contributed by atoms with Crippen molar-refractivity contribution in [3.63, 3.8) is 0 Å². The number of rotatable bonds is 5. The number of aryl methyl sites for hydroxylation is 2. The van der Waals surface area contributed by atoms with Crippen LogP contribution in [0.25, 0.3) is 11.3 Å². The first-order valence-electron chi connectivity index (χ1n) is 8.96. The molecule has 1 atom stereocenters. The molecule has 2 aromatic rings. The maximum absolute atomic E-state index is 10.2. The summed E-state index contributed by atoms with van der Waals surface area (Å²) in [5, 5.41) is 10.2. The highest BCUT2D eigenvalue weighted by atomic mass is 16.3. The zero-order valence-corrected chi connectivity index (χ0v) is 14.3. The minimum Gasteiger partial charge on any atom is -0.507 e. The van der Waals surface area contributed by atoms with Gasteiger partial charge in [0.1, 0.15) is 5.75 Å². The smallest absolute Gasteiger partial charge is 0.125 e. The molecule has 0 bridgehead atoms. The van der Waals surface area contributed by atoms with E-state index in [0.29, 0.717) is 5.75 Å². The lowest BCUT2D eigenvalue weighted by Crippen LogP contribution is -2.15. The number of unbranched alkanes of at least 4 members (excludes halogenated alkanes) is 2. The van der Waals surface area contributed by atoms with E-state index < -0.39 is 0 Å². The average Bonchev–Trinajstić information content (AvgIpc) is 2.55. The maximum atomic E-state index is 10.2. The maximum Gasteiger partial charge on any atom is 0.125 e. The first-order valence-corrected chi connectivity index (χ1v) is 8.96. The predicted octanol–water partition coefficient (Wildman–Crippen LogP) is 5.45. The number of fused-ring (bicyclic) bond motifs is 1. The number of hydrogen-bond acceptors (Lipinski definition) is 2. The second-order valence-corrected chi connectivity index (χ2v) is 6.93. The van der Waals surface area contributed by atoms with Crippen molar-refractivity contribution in [2.24, 2.45) is 5.92 Å². The Labute approximate surface area is 139 Å². The molecule has 1 unspecified atom stereocenters. The lowest BCUT2D eigenvalue weighted by atomic mass is 9.83. The van der Waals surface area contributed by atoms with Gasteiger partial charge in [-0.15, -0.1) is 0 Å². The monoisotopic (exact) mass is 309 g/mol. The molecule has 0 saturated heterocycles. The van der Waals surface area contributed by atoms with Crippen LogP contribution >= 0.6 is 0 Å². The Bertz CT molecular complexity index is 678. The largest absolute Gasteiger partial charge is 0.507 e. The number of benzene rings is 1. The summed E-state index contributed by atoms with van der Waals surface area (Å²) in [6.07, 6.45) is 8.88. The number of hydrogen-bond donors (Lipinski definition) is 1. The van der Waals surface area contributed by atoms with Gasteiger partial charge in [0.05, 0.1) is 5.69 Å². The molecule has 0 radical (unpaired) electrons. The van der Waals surface area contributed by atoms with Crippen LogP contribution in [-0.4, -0.2) is 10.1 Å². The molecule has 2 nitrogen and oxygen atoms in total. The van der Waals surface area contributed by atoms with Crippen molar-refractivity contribution in [2.45, 2.75) is 58.8 Å². The quantitative estimate of drug-likeness (QED) is 0.745. The minimum absolute atomic E-state index is 0.325. The van der Waals surface area contributed by atoms with Gasteiger partial charge in [-0.1, -0.05) is 44.7 Å². The molecule has 1 N–H and O–H groups in total. The van der Waals surface area contributed by atoms with Crippen LogP contribution in [0.3, 0.4) is 0 Å². The molecule has 0 spiro atoms. The predicted molar refractivity (Wildman–Crippen MR) is 95.7 cm³/mol. The van der Waals surface area contributed by atoms with Crippen molar-refractivity contribution < 1.29 is 5.11 Å². The zero-order valence-electron chi connectivity index (χ0n) is 14.3. The third-order valence-corrected chi connectivity index (χ3v) is 5.01. The second-order valence-electron chi connectivity index (χ2n) is 6.93. The number of phenols is 1.